The third kappa shape index (κ3) is 4.35. The van der Waals surface area contributed by atoms with Crippen molar-refractivity contribution in [3.05, 3.63) is 0 Å². The molecule has 0 bridgehead atoms. The molecule has 3 nitrogen and oxygen atoms in total. The summed E-state index contributed by atoms with van der Waals surface area (Å²) in [6, 6.07) is 0.563. The Morgan fingerprint density at radius 3 is 2.53 bits per heavy atom. The fourth-order valence-corrected chi connectivity index (χ4v) is 4.80. The van der Waals surface area contributed by atoms with Crippen molar-refractivity contribution < 1.29 is 4.74 Å². The van der Waals surface area contributed by atoms with E-state index in [4.69, 9.17) is 10.5 Å². The van der Waals surface area contributed by atoms with E-state index in [2.05, 4.69) is 44.4 Å². The molecular formula is C15H32N2OS. The van der Waals surface area contributed by atoms with Crippen LogP contribution in [-0.4, -0.2) is 54.8 Å². The van der Waals surface area contributed by atoms with Crippen LogP contribution in [-0.2, 0) is 4.74 Å². The molecule has 1 aliphatic heterocycles. The molecule has 2 atom stereocenters. The summed E-state index contributed by atoms with van der Waals surface area (Å²) in [6.07, 6.45) is 2.36. The van der Waals surface area contributed by atoms with Crippen LogP contribution in [0.2, 0.25) is 0 Å². The number of thioether (sulfide) groups is 1. The van der Waals surface area contributed by atoms with E-state index in [0.29, 0.717) is 11.5 Å². The van der Waals surface area contributed by atoms with E-state index < -0.39 is 0 Å². The summed E-state index contributed by atoms with van der Waals surface area (Å²) in [7, 11) is 1.78. The molecule has 0 aromatic rings. The summed E-state index contributed by atoms with van der Waals surface area (Å²) in [6.45, 7) is 11.8. The number of hydrogen-bond donors (Lipinski definition) is 1. The molecule has 1 fully saturated rings. The van der Waals surface area contributed by atoms with Crippen LogP contribution in [0.5, 0.6) is 0 Å². The van der Waals surface area contributed by atoms with Gasteiger partial charge in [-0.1, -0.05) is 20.8 Å². The third-order valence-corrected chi connectivity index (χ3v) is 6.05. The van der Waals surface area contributed by atoms with Gasteiger partial charge >= 0.3 is 0 Å². The van der Waals surface area contributed by atoms with Gasteiger partial charge in [-0.25, -0.2) is 0 Å². The topological polar surface area (TPSA) is 38.5 Å². The van der Waals surface area contributed by atoms with Gasteiger partial charge in [-0.05, 0) is 30.9 Å². The van der Waals surface area contributed by atoms with E-state index in [1.807, 2.05) is 0 Å². The average Bonchev–Trinajstić information content (AvgIpc) is 2.37. The summed E-state index contributed by atoms with van der Waals surface area (Å²) in [5.74, 6) is 2.40. The van der Waals surface area contributed by atoms with Crippen molar-refractivity contribution in [2.24, 2.45) is 11.1 Å². The molecule has 1 rings (SSSR count). The van der Waals surface area contributed by atoms with Crippen molar-refractivity contribution in [3.63, 3.8) is 0 Å². The fraction of sp³-hybridized carbons (Fsp3) is 1.00. The van der Waals surface area contributed by atoms with E-state index in [9.17, 15) is 0 Å². The zero-order valence-corrected chi connectivity index (χ0v) is 14.2. The first-order valence-electron chi connectivity index (χ1n) is 7.44. The first kappa shape index (κ1) is 17.3. The minimum absolute atomic E-state index is 0.139. The largest absolute Gasteiger partial charge is 0.383 e. The van der Waals surface area contributed by atoms with Crippen molar-refractivity contribution in [3.8, 4) is 0 Å². The maximum absolute atomic E-state index is 6.23. The SMILES string of the molecule is CCC(C)N(CCOC)C1(CN)CSCC(C)(C)C1. The number of rotatable bonds is 7. The van der Waals surface area contributed by atoms with Gasteiger partial charge in [0.2, 0.25) is 0 Å². The molecule has 0 radical (unpaired) electrons. The molecule has 4 heteroatoms. The van der Waals surface area contributed by atoms with Crippen molar-refractivity contribution in [2.45, 2.75) is 52.1 Å². The Bertz CT molecular complexity index is 273. The summed E-state index contributed by atoms with van der Waals surface area (Å²) in [5.41, 5.74) is 6.74. The molecule has 1 aliphatic rings. The summed E-state index contributed by atoms with van der Waals surface area (Å²) in [4.78, 5) is 2.62. The van der Waals surface area contributed by atoms with Gasteiger partial charge in [-0.3, -0.25) is 4.90 Å². The highest BCUT2D eigenvalue weighted by molar-refractivity contribution is 7.99. The molecular weight excluding hydrogens is 256 g/mol. The standard InChI is InChI=1S/C15H32N2OS/c1-6-13(2)17(7-8-18-5)15(10-16)9-14(3,4)11-19-12-15/h13H,6-12,16H2,1-5H3. The number of methoxy groups -OCH3 is 1. The normalized spacial score (nSPS) is 28.6. The van der Waals surface area contributed by atoms with Gasteiger partial charge in [0.05, 0.1) is 6.61 Å². The van der Waals surface area contributed by atoms with E-state index in [1.54, 1.807) is 7.11 Å². The van der Waals surface area contributed by atoms with Gasteiger partial charge in [0.25, 0.3) is 0 Å². The quantitative estimate of drug-likeness (QED) is 0.781. The van der Waals surface area contributed by atoms with Crippen LogP contribution in [0.15, 0.2) is 0 Å². The highest BCUT2D eigenvalue weighted by atomic mass is 32.2. The highest BCUT2D eigenvalue weighted by Gasteiger charge is 2.44. The van der Waals surface area contributed by atoms with E-state index in [0.717, 1.165) is 31.9 Å². The average molecular weight is 289 g/mol. The van der Waals surface area contributed by atoms with Crippen LogP contribution in [0.3, 0.4) is 0 Å². The lowest BCUT2D eigenvalue weighted by atomic mass is 9.78. The molecule has 114 valence electrons. The molecule has 0 spiro atoms. The van der Waals surface area contributed by atoms with Crippen LogP contribution in [0.4, 0.5) is 0 Å². The second-order valence-corrected chi connectivity index (χ2v) is 7.69. The molecule has 1 saturated heterocycles. The first-order chi connectivity index (χ1) is 8.90. The fourth-order valence-electron chi connectivity index (χ4n) is 3.28. The summed E-state index contributed by atoms with van der Waals surface area (Å²) >= 11 is 2.06. The minimum atomic E-state index is 0.139. The van der Waals surface area contributed by atoms with Gasteiger partial charge in [-0.2, -0.15) is 11.8 Å². The van der Waals surface area contributed by atoms with Gasteiger partial charge < -0.3 is 10.5 Å². The van der Waals surface area contributed by atoms with Crippen molar-refractivity contribution in [2.75, 3.05) is 38.3 Å². The Kier molecular flexibility index (Phi) is 6.64. The predicted molar refractivity (Wildman–Crippen MR) is 85.8 cm³/mol. The molecule has 1 heterocycles. The van der Waals surface area contributed by atoms with Gasteiger partial charge in [0.15, 0.2) is 0 Å². The zero-order chi connectivity index (χ0) is 14.5. The van der Waals surface area contributed by atoms with Crippen LogP contribution in [0.1, 0.15) is 40.5 Å². The minimum Gasteiger partial charge on any atom is -0.383 e. The molecule has 0 aromatic heterocycles. The third-order valence-electron chi connectivity index (χ3n) is 4.32. The molecule has 0 amide bonds. The maximum atomic E-state index is 6.23. The molecule has 0 saturated carbocycles. The molecule has 2 N–H and O–H groups in total. The van der Waals surface area contributed by atoms with Gasteiger partial charge in [-0.15, -0.1) is 0 Å². The summed E-state index contributed by atoms with van der Waals surface area (Å²) in [5, 5.41) is 0. The second kappa shape index (κ2) is 7.30. The lowest BCUT2D eigenvalue weighted by Gasteiger charge is -2.52. The number of hydrogen-bond acceptors (Lipinski definition) is 4. The number of nitrogens with two attached hydrogens (primary N) is 1. The Balaban J connectivity index is 2.92. The Labute approximate surface area is 123 Å². The van der Waals surface area contributed by atoms with E-state index >= 15 is 0 Å². The monoisotopic (exact) mass is 288 g/mol. The molecule has 0 aromatic carbocycles. The maximum Gasteiger partial charge on any atom is 0.0590 e. The van der Waals surface area contributed by atoms with E-state index in [-0.39, 0.29) is 5.54 Å². The lowest BCUT2D eigenvalue weighted by Crippen LogP contribution is -2.63. The van der Waals surface area contributed by atoms with Crippen LogP contribution < -0.4 is 5.73 Å². The van der Waals surface area contributed by atoms with Gasteiger partial charge in [0.1, 0.15) is 0 Å². The number of ether oxygens (including phenoxy) is 1. The Morgan fingerprint density at radius 1 is 1.37 bits per heavy atom. The van der Waals surface area contributed by atoms with Crippen molar-refractivity contribution >= 4 is 11.8 Å². The zero-order valence-electron chi connectivity index (χ0n) is 13.4. The summed E-state index contributed by atoms with van der Waals surface area (Å²) < 4.78 is 5.31. The Hall–Kier alpha value is 0.230. The number of nitrogens with zero attached hydrogens (tertiary/aromatic N) is 1. The predicted octanol–water partition coefficient (Wildman–Crippen LogP) is 2.59. The van der Waals surface area contributed by atoms with E-state index in [1.165, 1.54) is 12.2 Å². The first-order valence-corrected chi connectivity index (χ1v) is 8.60. The van der Waals surface area contributed by atoms with Crippen molar-refractivity contribution in [1.29, 1.82) is 0 Å². The second-order valence-electron chi connectivity index (χ2n) is 6.71. The lowest BCUT2D eigenvalue weighted by molar-refractivity contribution is 0.0140. The van der Waals surface area contributed by atoms with Crippen LogP contribution in [0, 0.1) is 5.41 Å². The highest BCUT2D eigenvalue weighted by Crippen LogP contribution is 2.42. The Morgan fingerprint density at radius 2 is 2.05 bits per heavy atom. The van der Waals surface area contributed by atoms with Crippen molar-refractivity contribution in [1.82, 2.24) is 4.90 Å². The van der Waals surface area contributed by atoms with Crippen LogP contribution >= 0.6 is 11.8 Å². The molecule has 19 heavy (non-hydrogen) atoms. The molecule has 2 unspecified atom stereocenters. The smallest absolute Gasteiger partial charge is 0.0590 e. The molecule has 0 aliphatic carbocycles. The van der Waals surface area contributed by atoms with Crippen LogP contribution in [0.25, 0.3) is 0 Å². The van der Waals surface area contributed by atoms with Gasteiger partial charge in [0, 0.05) is 37.5 Å².